The number of rotatable bonds is 4. The molecule has 0 saturated heterocycles. The van der Waals surface area contributed by atoms with Crippen molar-refractivity contribution in [1.82, 2.24) is 4.90 Å². The van der Waals surface area contributed by atoms with Crippen LogP contribution in [0.1, 0.15) is 35.2 Å². The number of primary sulfonamides is 1. The van der Waals surface area contributed by atoms with Crippen LogP contribution in [0.25, 0.3) is 0 Å². The summed E-state index contributed by atoms with van der Waals surface area (Å²) in [4.78, 5) is 14.0. The van der Waals surface area contributed by atoms with Crippen molar-refractivity contribution in [2.75, 3.05) is 13.6 Å². The van der Waals surface area contributed by atoms with Crippen LogP contribution in [0.5, 0.6) is 0 Å². The molecule has 1 amide bonds. The average Bonchev–Trinajstić information content (AvgIpc) is 2.34. The number of hydrogen-bond donors (Lipinski definition) is 1. The second-order valence-electron chi connectivity index (χ2n) is 5.61. The van der Waals surface area contributed by atoms with Gasteiger partial charge >= 0.3 is 0 Å². The first kappa shape index (κ1) is 16.3. The predicted molar refractivity (Wildman–Crippen MR) is 81.9 cm³/mol. The summed E-state index contributed by atoms with van der Waals surface area (Å²) in [5.74, 6) is 0.308. The fourth-order valence-corrected chi connectivity index (χ4v) is 3.24. The maximum absolute atomic E-state index is 12.5. The molecule has 0 heterocycles. The second-order valence-corrected chi connectivity index (χ2v) is 7.57. The summed E-state index contributed by atoms with van der Waals surface area (Å²) in [6, 6.07) is 2.57. The number of sulfonamides is 1. The van der Waals surface area contributed by atoms with Crippen molar-refractivity contribution in [2.45, 2.75) is 31.1 Å². The molecule has 1 aromatic rings. The van der Waals surface area contributed by atoms with Gasteiger partial charge in [-0.05, 0) is 43.4 Å². The van der Waals surface area contributed by atoms with Crippen molar-refractivity contribution >= 4 is 27.5 Å². The topological polar surface area (TPSA) is 80.5 Å². The van der Waals surface area contributed by atoms with E-state index in [9.17, 15) is 13.2 Å². The molecule has 1 fully saturated rings. The molecule has 21 heavy (non-hydrogen) atoms. The maximum atomic E-state index is 12.5. The number of amides is 1. The molecule has 2 rings (SSSR count). The Morgan fingerprint density at radius 1 is 1.43 bits per heavy atom. The maximum Gasteiger partial charge on any atom is 0.253 e. The van der Waals surface area contributed by atoms with Crippen LogP contribution in [0.3, 0.4) is 0 Å². The van der Waals surface area contributed by atoms with E-state index in [1.807, 2.05) is 0 Å². The number of benzene rings is 1. The standard InChI is InChI=1S/C14H19ClN2O3S/c1-9-12(6-11(7-13(9)15)21(16,19)20)14(18)17(2)8-10-4-3-5-10/h6-7,10H,3-5,8H2,1-2H3,(H2,16,19,20). The van der Waals surface area contributed by atoms with Gasteiger partial charge in [0.15, 0.2) is 0 Å². The molecular weight excluding hydrogens is 312 g/mol. The molecule has 0 spiro atoms. The third kappa shape index (κ3) is 3.56. The Kier molecular flexibility index (Phi) is 4.60. The fourth-order valence-electron chi connectivity index (χ4n) is 2.39. The number of carbonyl (C=O) groups is 1. The van der Waals surface area contributed by atoms with E-state index >= 15 is 0 Å². The van der Waals surface area contributed by atoms with Crippen molar-refractivity contribution in [3.8, 4) is 0 Å². The van der Waals surface area contributed by atoms with Crippen molar-refractivity contribution < 1.29 is 13.2 Å². The summed E-state index contributed by atoms with van der Waals surface area (Å²) in [7, 11) is -2.18. The van der Waals surface area contributed by atoms with E-state index in [2.05, 4.69) is 0 Å². The van der Waals surface area contributed by atoms with Crippen molar-refractivity contribution in [2.24, 2.45) is 11.1 Å². The van der Waals surface area contributed by atoms with Gasteiger partial charge < -0.3 is 4.90 Å². The first-order valence-electron chi connectivity index (χ1n) is 6.78. The Morgan fingerprint density at radius 2 is 2.05 bits per heavy atom. The lowest BCUT2D eigenvalue weighted by molar-refractivity contribution is 0.0744. The van der Waals surface area contributed by atoms with Crippen LogP contribution >= 0.6 is 11.6 Å². The Balaban J connectivity index is 2.33. The molecule has 0 aromatic heterocycles. The van der Waals surface area contributed by atoms with E-state index in [1.54, 1.807) is 18.9 Å². The highest BCUT2D eigenvalue weighted by Crippen LogP contribution is 2.28. The molecule has 116 valence electrons. The normalized spacial score (nSPS) is 15.6. The Morgan fingerprint density at radius 3 is 2.52 bits per heavy atom. The minimum Gasteiger partial charge on any atom is -0.341 e. The van der Waals surface area contributed by atoms with E-state index in [-0.39, 0.29) is 21.4 Å². The van der Waals surface area contributed by atoms with Crippen molar-refractivity contribution in [1.29, 1.82) is 0 Å². The van der Waals surface area contributed by atoms with Gasteiger partial charge in [0.05, 0.1) is 4.90 Å². The monoisotopic (exact) mass is 330 g/mol. The van der Waals surface area contributed by atoms with Gasteiger partial charge in [0.1, 0.15) is 0 Å². The SMILES string of the molecule is Cc1c(Cl)cc(S(N)(=O)=O)cc1C(=O)N(C)CC1CCC1. The summed E-state index contributed by atoms with van der Waals surface area (Å²) >= 11 is 6.03. The van der Waals surface area contributed by atoms with Gasteiger partial charge in [-0.2, -0.15) is 0 Å². The highest BCUT2D eigenvalue weighted by molar-refractivity contribution is 7.89. The number of hydrogen-bond acceptors (Lipinski definition) is 3. The molecule has 1 saturated carbocycles. The van der Waals surface area contributed by atoms with Gasteiger partial charge in [-0.1, -0.05) is 18.0 Å². The van der Waals surface area contributed by atoms with Gasteiger partial charge in [0, 0.05) is 24.2 Å². The lowest BCUT2D eigenvalue weighted by Crippen LogP contribution is -2.34. The van der Waals surface area contributed by atoms with E-state index in [1.165, 1.54) is 18.6 Å². The summed E-state index contributed by atoms with van der Waals surface area (Å²) in [6.07, 6.45) is 3.47. The van der Waals surface area contributed by atoms with Crippen molar-refractivity contribution in [3.05, 3.63) is 28.3 Å². The second kappa shape index (κ2) is 5.94. The lowest BCUT2D eigenvalue weighted by atomic mass is 9.85. The highest BCUT2D eigenvalue weighted by atomic mass is 35.5. The van der Waals surface area contributed by atoms with E-state index in [0.29, 0.717) is 18.0 Å². The van der Waals surface area contributed by atoms with E-state index in [4.69, 9.17) is 16.7 Å². The van der Waals surface area contributed by atoms with Crippen LogP contribution < -0.4 is 5.14 Å². The molecule has 0 unspecified atom stereocenters. The molecule has 1 aliphatic rings. The Bertz CT molecular complexity index is 669. The smallest absolute Gasteiger partial charge is 0.253 e. The number of nitrogens with zero attached hydrogens (tertiary/aromatic N) is 1. The number of halogens is 1. The molecule has 0 radical (unpaired) electrons. The van der Waals surface area contributed by atoms with Gasteiger partial charge in [-0.25, -0.2) is 13.6 Å². The van der Waals surface area contributed by atoms with Crippen LogP contribution in [0, 0.1) is 12.8 Å². The molecule has 7 heteroatoms. The van der Waals surface area contributed by atoms with Gasteiger partial charge in [0.25, 0.3) is 5.91 Å². The molecule has 0 bridgehead atoms. The fraction of sp³-hybridized carbons (Fsp3) is 0.500. The Hall–Kier alpha value is -1.11. The Labute approximate surface area is 130 Å². The van der Waals surface area contributed by atoms with Crippen LogP contribution in [0.4, 0.5) is 0 Å². The van der Waals surface area contributed by atoms with Gasteiger partial charge in [-0.3, -0.25) is 4.79 Å². The van der Waals surface area contributed by atoms with Crippen LogP contribution in [0.2, 0.25) is 5.02 Å². The van der Waals surface area contributed by atoms with Crippen LogP contribution in [0.15, 0.2) is 17.0 Å². The van der Waals surface area contributed by atoms with Crippen LogP contribution in [-0.4, -0.2) is 32.8 Å². The molecule has 1 aliphatic carbocycles. The van der Waals surface area contributed by atoms with E-state index in [0.717, 1.165) is 12.8 Å². The zero-order valence-electron chi connectivity index (χ0n) is 12.1. The van der Waals surface area contributed by atoms with Crippen molar-refractivity contribution in [3.63, 3.8) is 0 Å². The van der Waals surface area contributed by atoms with Gasteiger partial charge in [0.2, 0.25) is 10.0 Å². The molecule has 0 atom stereocenters. The summed E-state index contributed by atoms with van der Waals surface area (Å²) in [6.45, 7) is 2.37. The quantitative estimate of drug-likeness (QED) is 0.918. The molecule has 1 aromatic carbocycles. The zero-order chi connectivity index (χ0) is 15.8. The third-order valence-corrected chi connectivity index (χ3v) is 5.27. The summed E-state index contributed by atoms with van der Waals surface area (Å²) < 4.78 is 22.9. The molecular formula is C14H19ClN2O3S. The summed E-state index contributed by atoms with van der Waals surface area (Å²) in [5.41, 5.74) is 0.850. The number of carbonyl (C=O) groups excluding carboxylic acids is 1. The average molecular weight is 331 g/mol. The zero-order valence-corrected chi connectivity index (χ0v) is 13.7. The molecule has 2 N–H and O–H groups in total. The minimum absolute atomic E-state index is 0.140. The first-order chi connectivity index (χ1) is 9.70. The third-order valence-electron chi connectivity index (χ3n) is 3.98. The van der Waals surface area contributed by atoms with E-state index < -0.39 is 10.0 Å². The molecule has 0 aliphatic heterocycles. The largest absolute Gasteiger partial charge is 0.341 e. The van der Waals surface area contributed by atoms with Crippen LogP contribution in [-0.2, 0) is 10.0 Å². The lowest BCUT2D eigenvalue weighted by Gasteiger charge is -2.30. The minimum atomic E-state index is -3.90. The number of nitrogens with two attached hydrogens (primary N) is 1. The highest BCUT2D eigenvalue weighted by Gasteiger charge is 2.24. The first-order valence-corrected chi connectivity index (χ1v) is 8.71. The summed E-state index contributed by atoms with van der Waals surface area (Å²) in [5, 5.41) is 5.34. The predicted octanol–water partition coefficient (Wildman–Crippen LogP) is 2.17. The molecule has 5 nitrogen and oxygen atoms in total. The van der Waals surface area contributed by atoms with Gasteiger partial charge in [-0.15, -0.1) is 0 Å².